The molecule has 4 unspecified atom stereocenters. The number of hydrogen-bond donors (Lipinski definition) is 6. The van der Waals surface area contributed by atoms with Crippen LogP contribution in [-0.4, -0.2) is 76.7 Å². The Kier molecular flexibility index (Phi) is 11.9. The largest absolute Gasteiger partial charge is 0.480 e. The standard InChI is InChI=1S/C20H37N5O5S/c1-12(2)10-14(20(29)30)23-18(27)16-7-5-9-25(16)19(28)15(11-31)24-17(26)13(22)6-3-4-8-21/h12-16,31H,3-11,21-22H2,1-2H3,(H,23,27)(H,24,26)(H,29,30). The lowest BCUT2D eigenvalue weighted by atomic mass is 10.0. The van der Waals surface area contributed by atoms with Crippen LogP contribution < -0.4 is 22.1 Å². The monoisotopic (exact) mass is 459 g/mol. The van der Waals surface area contributed by atoms with E-state index in [9.17, 15) is 24.3 Å². The van der Waals surface area contributed by atoms with Gasteiger partial charge < -0.3 is 32.1 Å². The van der Waals surface area contributed by atoms with E-state index in [1.165, 1.54) is 4.90 Å². The van der Waals surface area contributed by atoms with Crippen molar-refractivity contribution in [3.05, 3.63) is 0 Å². The van der Waals surface area contributed by atoms with Crippen molar-refractivity contribution in [3.8, 4) is 0 Å². The van der Waals surface area contributed by atoms with E-state index in [-0.39, 0.29) is 11.7 Å². The van der Waals surface area contributed by atoms with E-state index in [1.807, 2.05) is 13.8 Å². The lowest BCUT2D eigenvalue weighted by Gasteiger charge is -2.29. The van der Waals surface area contributed by atoms with Gasteiger partial charge in [0.15, 0.2) is 0 Å². The Bertz CT molecular complexity index is 633. The third-order valence-corrected chi connectivity index (χ3v) is 5.63. The number of hydrogen-bond acceptors (Lipinski definition) is 7. The van der Waals surface area contributed by atoms with Crippen LogP contribution in [0.5, 0.6) is 0 Å². The number of nitrogens with one attached hydrogen (secondary N) is 2. The second-order valence-electron chi connectivity index (χ2n) is 8.35. The smallest absolute Gasteiger partial charge is 0.326 e. The van der Waals surface area contributed by atoms with Gasteiger partial charge in [0.2, 0.25) is 17.7 Å². The van der Waals surface area contributed by atoms with Crippen molar-refractivity contribution >= 4 is 36.3 Å². The van der Waals surface area contributed by atoms with E-state index >= 15 is 0 Å². The summed E-state index contributed by atoms with van der Waals surface area (Å²) in [6.07, 6.45) is 3.25. The molecule has 1 fully saturated rings. The molecule has 0 aromatic carbocycles. The van der Waals surface area contributed by atoms with Crippen molar-refractivity contribution in [2.45, 2.75) is 76.5 Å². The van der Waals surface area contributed by atoms with Crippen LogP contribution >= 0.6 is 12.6 Å². The first-order valence-corrected chi connectivity index (χ1v) is 11.5. The molecular formula is C20H37N5O5S. The molecule has 1 rings (SSSR count). The van der Waals surface area contributed by atoms with E-state index < -0.39 is 47.9 Å². The second kappa shape index (κ2) is 13.5. The lowest BCUT2D eigenvalue weighted by molar-refractivity contribution is -0.145. The van der Waals surface area contributed by atoms with Gasteiger partial charge in [-0.05, 0) is 44.6 Å². The summed E-state index contributed by atoms with van der Waals surface area (Å²) in [4.78, 5) is 51.0. The summed E-state index contributed by atoms with van der Waals surface area (Å²) < 4.78 is 0. The summed E-state index contributed by atoms with van der Waals surface area (Å²) in [7, 11) is 0. The van der Waals surface area contributed by atoms with Crippen LogP contribution in [-0.2, 0) is 19.2 Å². The van der Waals surface area contributed by atoms with Crippen LogP contribution in [0.3, 0.4) is 0 Å². The molecule has 11 heteroatoms. The SMILES string of the molecule is CC(C)CC(NC(=O)C1CCCN1C(=O)C(CS)NC(=O)C(N)CCCCN)C(=O)O. The fourth-order valence-electron chi connectivity index (χ4n) is 3.57. The van der Waals surface area contributed by atoms with Gasteiger partial charge in [-0.2, -0.15) is 12.6 Å². The number of nitrogens with two attached hydrogens (primary N) is 2. The van der Waals surface area contributed by atoms with Crippen LogP contribution in [0.4, 0.5) is 0 Å². The number of carboxylic acids is 1. The first-order valence-electron chi connectivity index (χ1n) is 10.8. The quantitative estimate of drug-likeness (QED) is 0.159. The molecule has 1 aliphatic heterocycles. The third kappa shape index (κ3) is 8.66. The van der Waals surface area contributed by atoms with E-state index in [1.54, 1.807) is 0 Å². The van der Waals surface area contributed by atoms with Gasteiger partial charge in [-0.1, -0.05) is 20.3 Å². The molecule has 0 radical (unpaired) electrons. The van der Waals surface area contributed by atoms with Crippen LogP contribution in [0.15, 0.2) is 0 Å². The minimum absolute atomic E-state index is 0.0516. The maximum absolute atomic E-state index is 13.0. The van der Waals surface area contributed by atoms with Gasteiger partial charge in [-0.25, -0.2) is 4.79 Å². The number of carbonyl (C=O) groups excluding carboxylic acids is 3. The Hall–Kier alpha value is -1.85. The Balaban J connectivity index is 2.77. The fourth-order valence-corrected chi connectivity index (χ4v) is 3.82. The fraction of sp³-hybridized carbons (Fsp3) is 0.800. The third-order valence-electron chi connectivity index (χ3n) is 5.26. The number of thiol groups is 1. The number of aliphatic carboxylic acids is 1. The Morgan fingerprint density at radius 2 is 1.84 bits per heavy atom. The molecule has 0 spiro atoms. The molecular weight excluding hydrogens is 422 g/mol. The highest BCUT2D eigenvalue weighted by atomic mass is 32.1. The molecule has 0 saturated carbocycles. The topological polar surface area (TPSA) is 168 Å². The van der Waals surface area contributed by atoms with Crippen LogP contribution in [0.1, 0.15) is 52.4 Å². The molecule has 178 valence electrons. The highest BCUT2D eigenvalue weighted by Gasteiger charge is 2.38. The van der Waals surface area contributed by atoms with Gasteiger partial charge in [0.05, 0.1) is 6.04 Å². The number of amides is 3. The maximum atomic E-state index is 13.0. The highest BCUT2D eigenvalue weighted by Crippen LogP contribution is 2.20. The van der Waals surface area contributed by atoms with Crippen molar-refractivity contribution < 1.29 is 24.3 Å². The molecule has 31 heavy (non-hydrogen) atoms. The van der Waals surface area contributed by atoms with Gasteiger partial charge in [0.1, 0.15) is 18.1 Å². The molecule has 3 amide bonds. The molecule has 0 aromatic heterocycles. The molecule has 1 heterocycles. The number of carboxylic acid groups (broad SMARTS) is 1. The molecule has 10 nitrogen and oxygen atoms in total. The van der Waals surface area contributed by atoms with Crippen molar-refractivity contribution in [2.75, 3.05) is 18.8 Å². The van der Waals surface area contributed by atoms with E-state index in [0.717, 1.165) is 6.42 Å². The zero-order valence-electron chi connectivity index (χ0n) is 18.4. The Morgan fingerprint density at radius 1 is 1.16 bits per heavy atom. The Labute approximate surface area is 189 Å². The molecule has 0 aliphatic carbocycles. The molecule has 0 aromatic rings. The van der Waals surface area contributed by atoms with Gasteiger partial charge in [-0.3, -0.25) is 14.4 Å². The number of likely N-dealkylation sites (tertiary alicyclic amines) is 1. The first-order chi connectivity index (χ1) is 14.6. The van der Waals surface area contributed by atoms with Gasteiger partial charge in [0, 0.05) is 12.3 Å². The zero-order valence-corrected chi connectivity index (χ0v) is 19.3. The highest BCUT2D eigenvalue weighted by molar-refractivity contribution is 7.80. The van der Waals surface area contributed by atoms with Crippen molar-refractivity contribution in [3.63, 3.8) is 0 Å². The maximum Gasteiger partial charge on any atom is 0.326 e. The summed E-state index contributed by atoms with van der Waals surface area (Å²) >= 11 is 4.18. The second-order valence-corrected chi connectivity index (χ2v) is 8.72. The van der Waals surface area contributed by atoms with Crippen molar-refractivity contribution in [2.24, 2.45) is 17.4 Å². The van der Waals surface area contributed by atoms with E-state index in [4.69, 9.17) is 11.5 Å². The minimum Gasteiger partial charge on any atom is -0.480 e. The van der Waals surface area contributed by atoms with E-state index in [0.29, 0.717) is 45.2 Å². The van der Waals surface area contributed by atoms with Gasteiger partial charge in [-0.15, -0.1) is 0 Å². The normalized spacial score (nSPS) is 19.0. The van der Waals surface area contributed by atoms with Gasteiger partial charge >= 0.3 is 5.97 Å². The molecule has 1 saturated heterocycles. The predicted octanol–water partition coefficient (Wildman–Crippen LogP) is -0.536. The van der Waals surface area contributed by atoms with Crippen molar-refractivity contribution in [1.82, 2.24) is 15.5 Å². The van der Waals surface area contributed by atoms with Crippen LogP contribution in [0.2, 0.25) is 0 Å². The van der Waals surface area contributed by atoms with Crippen LogP contribution in [0, 0.1) is 5.92 Å². The molecule has 1 aliphatic rings. The first kappa shape index (κ1) is 27.2. The van der Waals surface area contributed by atoms with Crippen molar-refractivity contribution in [1.29, 1.82) is 0 Å². The molecule has 7 N–H and O–H groups in total. The number of unbranched alkanes of at least 4 members (excludes halogenated alkanes) is 1. The zero-order chi connectivity index (χ0) is 23.6. The van der Waals surface area contributed by atoms with Crippen LogP contribution in [0.25, 0.3) is 0 Å². The summed E-state index contributed by atoms with van der Waals surface area (Å²) in [5.74, 6) is -2.35. The van der Waals surface area contributed by atoms with Gasteiger partial charge in [0.25, 0.3) is 0 Å². The summed E-state index contributed by atoms with van der Waals surface area (Å²) in [5.41, 5.74) is 11.3. The predicted molar refractivity (Wildman–Crippen MR) is 120 cm³/mol. The summed E-state index contributed by atoms with van der Waals surface area (Å²) in [6.45, 7) is 4.61. The Morgan fingerprint density at radius 3 is 2.39 bits per heavy atom. The number of nitrogens with zero attached hydrogens (tertiary/aromatic N) is 1. The number of rotatable bonds is 13. The summed E-state index contributed by atoms with van der Waals surface area (Å²) in [5, 5.41) is 14.5. The van der Waals surface area contributed by atoms with E-state index in [2.05, 4.69) is 23.3 Å². The minimum atomic E-state index is -1.11. The average Bonchev–Trinajstić information content (AvgIpc) is 3.20. The average molecular weight is 460 g/mol. The lowest BCUT2D eigenvalue weighted by Crippen LogP contribution is -2.57. The number of carbonyl (C=O) groups is 4. The molecule has 0 bridgehead atoms. The summed E-state index contributed by atoms with van der Waals surface area (Å²) in [6, 6.07) is -3.47. The molecule has 4 atom stereocenters.